The Balaban J connectivity index is 2.02. The molecule has 1 aromatic heterocycles. The number of methoxy groups -OCH3 is 1. The summed E-state index contributed by atoms with van der Waals surface area (Å²) in [5, 5.41) is 33.7. The Labute approximate surface area is 189 Å². The second-order valence-electron chi connectivity index (χ2n) is 6.61. The van der Waals surface area contributed by atoms with E-state index in [9.17, 15) is 4.79 Å². The van der Waals surface area contributed by atoms with Gasteiger partial charge in [-0.25, -0.2) is 4.68 Å². The first kappa shape index (κ1) is 22.5. The summed E-state index contributed by atoms with van der Waals surface area (Å²) in [6.45, 7) is 1.47. The molecular weight excluding hydrogens is 422 g/mol. The minimum absolute atomic E-state index is 0.106. The molecule has 0 fully saturated rings. The number of benzene rings is 2. The Morgan fingerprint density at radius 2 is 1.94 bits per heavy atom. The summed E-state index contributed by atoms with van der Waals surface area (Å²) in [5.41, 5.74) is 1.77. The summed E-state index contributed by atoms with van der Waals surface area (Å²) in [6, 6.07) is 15.5. The Hall–Kier alpha value is -5.14. The predicted molar refractivity (Wildman–Crippen MR) is 119 cm³/mol. The highest BCUT2D eigenvalue weighted by Gasteiger charge is 2.16. The highest BCUT2D eigenvalue weighted by molar-refractivity contribution is 5.61. The van der Waals surface area contributed by atoms with Crippen molar-refractivity contribution in [2.75, 3.05) is 12.4 Å². The average Bonchev–Trinajstić information content (AvgIpc) is 2.82. The molecule has 0 radical (unpaired) electrons. The van der Waals surface area contributed by atoms with Crippen LogP contribution in [0.4, 0.5) is 11.5 Å². The van der Waals surface area contributed by atoms with Gasteiger partial charge >= 0.3 is 11.6 Å². The lowest BCUT2D eigenvalue weighted by Crippen LogP contribution is -2.26. The van der Waals surface area contributed by atoms with E-state index in [0.717, 1.165) is 10.2 Å². The summed E-state index contributed by atoms with van der Waals surface area (Å²) in [4.78, 5) is 16.9. The van der Waals surface area contributed by atoms with Crippen LogP contribution in [-0.2, 0) is 6.54 Å². The summed E-state index contributed by atoms with van der Waals surface area (Å²) in [7, 11) is 1.47. The third-order valence-corrected chi connectivity index (χ3v) is 4.37. The fraction of sp³-hybridized carbons (Fsp3) is 0.130. The normalized spacial score (nSPS) is 10.2. The zero-order chi connectivity index (χ0) is 23.8. The van der Waals surface area contributed by atoms with Crippen molar-refractivity contribution in [3.05, 3.63) is 69.5 Å². The van der Waals surface area contributed by atoms with Crippen LogP contribution in [0, 0.1) is 40.9 Å². The average molecular weight is 439 g/mol. The molecule has 1 heterocycles. The number of ether oxygens (including phenoxy) is 2. The fourth-order valence-corrected chi connectivity index (χ4v) is 2.87. The van der Waals surface area contributed by atoms with Gasteiger partial charge in [-0.3, -0.25) is 4.79 Å². The van der Waals surface area contributed by atoms with Crippen molar-refractivity contribution >= 4 is 17.6 Å². The van der Waals surface area contributed by atoms with Crippen molar-refractivity contribution in [2.45, 2.75) is 13.5 Å². The molecule has 2 aromatic carbocycles. The van der Waals surface area contributed by atoms with Crippen molar-refractivity contribution in [2.24, 2.45) is 0 Å². The first-order valence-corrected chi connectivity index (χ1v) is 9.55. The minimum atomic E-state index is -0.617. The molecule has 10 heteroatoms. The van der Waals surface area contributed by atoms with Gasteiger partial charge in [0.2, 0.25) is 5.82 Å². The molecule has 0 amide bonds. The van der Waals surface area contributed by atoms with Gasteiger partial charge < -0.3 is 14.8 Å². The van der Waals surface area contributed by atoms with Crippen LogP contribution in [0.5, 0.6) is 17.5 Å². The van der Waals surface area contributed by atoms with Gasteiger partial charge in [0.25, 0.3) is 0 Å². The van der Waals surface area contributed by atoms with E-state index in [1.807, 2.05) is 18.2 Å². The first-order valence-electron chi connectivity index (χ1n) is 9.55. The Kier molecular flexibility index (Phi) is 7.00. The second-order valence-corrected chi connectivity index (χ2v) is 6.61. The Morgan fingerprint density at radius 3 is 2.58 bits per heavy atom. The van der Waals surface area contributed by atoms with E-state index >= 15 is 0 Å². The maximum atomic E-state index is 12.7. The quantitative estimate of drug-likeness (QED) is 0.546. The van der Waals surface area contributed by atoms with Crippen molar-refractivity contribution < 1.29 is 9.47 Å². The standard InChI is InChI=1S/C23H17N7O3/c1-15-12-17(4-3-9-24)13-19(32-2)20(15)33-23-28-21(22(31)30(29-23)11-10-25)27-18-7-5-16(14-26)6-8-18/h3-8,12-13H,11H2,1-2H3,(H,27,28,29)/b4-3+. The van der Waals surface area contributed by atoms with E-state index in [2.05, 4.69) is 15.4 Å². The van der Waals surface area contributed by atoms with Gasteiger partial charge in [0.1, 0.15) is 6.54 Å². The maximum absolute atomic E-state index is 12.7. The Bertz CT molecular complexity index is 1390. The molecule has 0 bridgehead atoms. The van der Waals surface area contributed by atoms with Crippen LogP contribution >= 0.6 is 0 Å². The highest BCUT2D eigenvalue weighted by atomic mass is 16.5. The molecule has 33 heavy (non-hydrogen) atoms. The van der Waals surface area contributed by atoms with Crippen LogP contribution < -0.4 is 20.3 Å². The van der Waals surface area contributed by atoms with Crippen LogP contribution in [0.1, 0.15) is 16.7 Å². The molecule has 0 aliphatic heterocycles. The van der Waals surface area contributed by atoms with Gasteiger partial charge in [-0.15, -0.1) is 5.10 Å². The number of nitriles is 3. The van der Waals surface area contributed by atoms with E-state index in [-0.39, 0.29) is 18.4 Å². The third-order valence-electron chi connectivity index (χ3n) is 4.37. The number of aryl methyl sites for hydroxylation is 1. The summed E-state index contributed by atoms with van der Waals surface area (Å²) >= 11 is 0. The fourth-order valence-electron chi connectivity index (χ4n) is 2.87. The molecule has 0 unspecified atom stereocenters. The molecule has 0 atom stereocenters. The molecular formula is C23H17N7O3. The summed E-state index contributed by atoms with van der Waals surface area (Å²) < 4.78 is 12.2. The molecule has 162 valence electrons. The van der Waals surface area contributed by atoms with Gasteiger partial charge in [-0.1, -0.05) is 0 Å². The predicted octanol–water partition coefficient (Wildman–Crippen LogP) is 3.42. The molecule has 0 aliphatic carbocycles. The monoisotopic (exact) mass is 439 g/mol. The van der Waals surface area contributed by atoms with Gasteiger partial charge in [-0.05, 0) is 60.5 Å². The van der Waals surface area contributed by atoms with Crippen molar-refractivity contribution in [3.63, 3.8) is 0 Å². The number of nitrogens with one attached hydrogen (secondary N) is 1. The van der Waals surface area contributed by atoms with Crippen molar-refractivity contribution in [1.82, 2.24) is 14.8 Å². The number of aromatic nitrogens is 3. The van der Waals surface area contributed by atoms with Gasteiger partial charge in [0.15, 0.2) is 11.5 Å². The molecule has 0 saturated heterocycles. The van der Waals surface area contributed by atoms with Crippen LogP contribution in [0.25, 0.3) is 6.08 Å². The zero-order valence-corrected chi connectivity index (χ0v) is 17.7. The maximum Gasteiger partial charge on any atom is 0.341 e. The number of hydrogen-bond donors (Lipinski definition) is 1. The van der Waals surface area contributed by atoms with Gasteiger partial charge in [-0.2, -0.15) is 20.8 Å². The number of allylic oxidation sites excluding steroid dienone is 1. The molecule has 0 aliphatic rings. The van der Waals surface area contributed by atoms with Crippen molar-refractivity contribution in [3.8, 4) is 35.7 Å². The minimum Gasteiger partial charge on any atom is -0.493 e. The molecule has 1 N–H and O–H groups in total. The largest absolute Gasteiger partial charge is 0.493 e. The highest BCUT2D eigenvalue weighted by Crippen LogP contribution is 2.35. The third kappa shape index (κ3) is 5.32. The topological polar surface area (TPSA) is 150 Å². The molecule has 3 aromatic rings. The van der Waals surface area contributed by atoms with E-state index in [1.54, 1.807) is 49.4 Å². The number of rotatable bonds is 7. The Morgan fingerprint density at radius 1 is 1.18 bits per heavy atom. The number of anilines is 2. The smallest absolute Gasteiger partial charge is 0.341 e. The van der Waals surface area contributed by atoms with Crippen LogP contribution in [0.2, 0.25) is 0 Å². The molecule has 10 nitrogen and oxygen atoms in total. The van der Waals surface area contributed by atoms with E-state index in [4.69, 9.17) is 25.3 Å². The molecule has 0 saturated carbocycles. The lowest BCUT2D eigenvalue weighted by atomic mass is 10.1. The van der Waals surface area contributed by atoms with E-state index in [1.165, 1.54) is 13.2 Å². The van der Waals surface area contributed by atoms with Crippen LogP contribution in [-0.4, -0.2) is 21.9 Å². The number of nitrogens with zero attached hydrogens (tertiary/aromatic N) is 6. The number of hydrogen-bond acceptors (Lipinski definition) is 9. The van der Waals surface area contributed by atoms with Crippen molar-refractivity contribution in [1.29, 1.82) is 15.8 Å². The van der Waals surface area contributed by atoms with Gasteiger partial charge in [0.05, 0.1) is 30.9 Å². The lowest BCUT2D eigenvalue weighted by molar-refractivity contribution is 0.358. The summed E-state index contributed by atoms with van der Waals surface area (Å²) in [6.07, 6.45) is 2.97. The van der Waals surface area contributed by atoms with E-state index in [0.29, 0.717) is 28.3 Å². The summed E-state index contributed by atoms with van der Waals surface area (Å²) in [5.74, 6) is 0.582. The van der Waals surface area contributed by atoms with Gasteiger partial charge in [0, 0.05) is 11.8 Å². The lowest BCUT2D eigenvalue weighted by Gasteiger charge is -2.14. The molecule has 0 spiro atoms. The van der Waals surface area contributed by atoms with Crippen LogP contribution in [0.15, 0.2) is 47.3 Å². The first-order chi connectivity index (χ1) is 16.0. The van der Waals surface area contributed by atoms with E-state index < -0.39 is 5.56 Å². The second kappa shape index (κ2) is 10.3. The zero-order valence-electron chi connectivity index (χ0n) is 17.7. The van der Waals surface area contributed by atoms with Crippen LogP contribution in [0.3, 0.4) is 0 Å². The molecule has 3 rings (SSSR count). The SMILES string of the molecule is COc1cc(/C=C/C#N)cc(C)c1Oc1nc(Nc2ccc(C#N)cc2)c(=O)n(CC#N)n1.